The van der Waals surface area contributed by atoms with Crippen LogP contribution < -0.4 is 0 Å². The lowest BCUT2D eigenvalue weighted by Gasteiger charge is -2.34. The Hall–Kier alpha value is 0. The minimum absolute atomic E-state index is 0.909. The third-order valence-electron chi connectivity index (χ3n) is 4.15. The van der Waals surface area contributed by atoms with Crippen LogP contribution in [0.1, 0.15) is 59.8 Å². The summed E-state index contributed by atoms with van der Waals surface area (Å²) < 4.78 is 0. The van der Waals surface area contributed by atoms with Crippen molar-refractivity contribution in [1.29, 1.82) is 0 Å². The van der Waals surface area contributed by atoms with E-state index in [1.165, 1.54) is 32.1 Å². The molecule has 0 nitrogen and oxygen atoms in total. The highest BCUT2D eigenvalue weighted by atomic mass is 14.3. The minimum atomic E-state index is 0.909. The van der Waals surface area contributed by atoms with E-state index in [1.807, 2.05) is 0 Å². The van der Waals surface area contributed by atoms with E-state index in [0.717, 1.165) is 23.7 Å². The molecule has 0 radical (unpaired) electrons. The fourth-order valence-corrected chi connectivity index (χ4v) is 2.72. The Morgan fingerprint density at radius 1 is 1.08 bits per heavy atom. The van der Waals surface area contributed by atoms with Crippen molar-refractivity contribution >= 4 is 0 Å². The van der Waals surface area contributed by atoms with Gasteiger partial charge in [0, 0.05) is 0 Å². The molecule has 0 saturated heterocycles. The normalized spacial score (nSPS) is 32.1. The maximum Gasteiger partial charge on any atom is -0.0386 e. The second kappa shape index (κ2) is 5.02. The fourth-order valence-electron chi connectivity index (χ4n) is 2.72. The summed E-state index contributed by atoms with van der Waals surface area (Å²) in [6, 6.07) is 0. The van der Waals surface area contributed by atoms with Gasteiger partial charge in [-0.05, 0) is 30.1 Å². The van der Waals surface area contributed by atoms with Crippen molar-refractivity contribution in [2.24, 2.45) is 23.7 Å². The van der Waals surface area contributed by atoms with Crippen molar-refractivity contribution in [3.63, 3.8) is 0 Å². The zero-order valence-electron chi connectivity index (χ0n) is 9.84. The van der Waals surface area contributed by atoms with E-state index in [2.05, 4.69) is 27.7 Å². The monoisotopic (exact) mass is 182 g/mol. The molecule has 0 amide bonds. The van der Waals surface area contributed by atoms with E-state index < -0.39 is 0 Å². The van der Waals surface area contributed by atoms with Gasteiger partial charge in [-0.1, -0.05) is 53.4 Å². The maximum absolute atomic E-state index is 2.44. The largest absolute Gasteiger partial charge is 0.0651 e. The van der Waals surface area contributed by atoms with Crippen molar-refractivity contribution in [1.82, 2.24) is 0 Å². The van der Waals surface area contributed by atoms with E-state index in [4.69, 9.17) is 0 Å². The van der Waals surface area contributed by atoms with Gasteiger partial charge in [-0.2, -0.15) is 0 Å². The molecular weight excluding hydrogens is 156 g/mol. The predicted octanol–water partition coefficient (Wildman–Crippen LogP) is 4.49. The molecule has 0 bridgehead atoms. The Kier molecular flexibility index (Phi) is 4.28. The van der Waals surface area contributed by atoms with Crippen LogP contribution in [0.4, 0.5) is 0 Å². The lowest BCUT2D eigenvalue weighted by atomic mass is 9.71. The molecule has 3 atom stereocenters. The first-order valence-corrected chi connectivity index (χ1v) is 6.15. The van der Waals surface area contributed by atoms with Gasteiger partial charge in [-0.25, -0.2) is 0 Å². The Morgan fingerprint density at radius 3 is 2.23 bits per heavy atom. The number of hydrogen-bond acceptors (Lipinski definition) is 0. The summed E-state index contributed by atoms with van der Waals surface area (Å²) in [7, 11) is 0. The molecule has 0 heteroatoms. The Bertz CT molecular complexity index is 137. The van der Waals surface area contributed by atoms with Crippen LogP contribution in [-0.2, 0) is 0 Å². The van der Waals surface area contributed by atoms with Crippen molar-refractivity contribution in [3.8, 4) is 0 Å². The number of hydrogen-bond donors (Lipinski definition) is 0. The van der Waals surface area contributed by atoms with E-state index in [1.54, 1.807) is 0 Å². The first kappa shape index (κ1) is 11.1. The highest BCUT2D eigenvalue weighted by Gasteiger charge is 2.26. The molecule has 1 fully saturated rings. The smallest absolute Gasteiger partial charge is 0.0386 e. The van der Waals surface area contributed by atoms with Gasteiger partial charge >= 0.3 is 0 Å². The van der Waals surface area contributed by atoms with Crippen LogP contribution in [0.25, 0.3) is 0 Å². The summed E-state index contributed by atoms with van der Waals surface area (Å²) in [5, 5.41) is 0. The average molecular weight is 182 g/mol. The molecule has 1 rings (SSSR count). The van der Waals surface area contributed by atoms with Crippen molar-refractivity contribution in [3.05, 3.63) is 0 Å². The van der Waals surface area contributed by atoms with Crippen LogP contribution in [0.5, 0.6) is 0 Å². The summed E-state index contributed by atoms with van der Waals surface area (Å²) in [6.45, 7) is 9.56. The van der Waals surface area contributed by atoms with Gasteiger partial charge in [0.1, 0.15) is 0 Å². The van der Waals surface area contributed by atoms with Gasteiger partial charge in [-0.3, -0.25) is 0 Å². The Morgan fingerprint density at radius 2 is 1.69 bits per heavy atom. The molecule has 3 unspecified atom stereocenters. The highest BCUT2D eigenvalue weighted by Crippen LogP contribution is 2.37. The van der Waals surface area contributed by atoms with E-state index in [0.29, 0.717) is 0 Å². The van der Waals surface area contributed by atoms with Crippen LogP contribution in [0.2, 0.25) is 0 Å². The van der Waals surface area contributed by atoms with Crippen molar-refractivity contribution < 1.29 is 0 Å². The molecule has 0 aromatic carbocycles. The average Bonchev–Trinajstić information content (AvgIpc) is 2.17. The molecule has 0 N–H and O–H groups in total. The van der Waals surface area contributed by atoms with Crippen LogP contribution >= 0.6 is 0 Å². The lowest BCUT2D eigenvalue weighted by Crippen LogP contribution is -2.23. The van der Waals surface area contributed by atoms with Gasteiger partial charge in [0.15, 0.2) is 0 Å². The van der Waals surface area contributed by atoms with Gasteiger partial charge in [0.25, 0.3) is 0 Å². The molecule has 0 aromatic heterocycles. The zero-order valence-corrected chi connectivity index (χ0v) is 9.84. The topological polar surface area (TPSA) is 0 Å². The summed E-state index contributed by atoms with van der Waals surface area (Å²) >= 11 is 0. The van der Waals surface area contributed by atoms with E-state index in [9.17, 15) is 0 Å². The Balaban J connectivity index is 2.41. The molecule has 0 heterocycles. The molecule has 78 valence electrons. The van der Waals surface area contributed by atoms with Crippen molar-refractivity contribution in [2.45, 2.75) is 59.8 Å². The van der Waals surface area contributed by atoms with Gasteiger partial charge < -0.3 is 0 Å². The first-order valence-electron chi connectivity index (χ1n) is 6.15. The van der Waals surface area contributed by atoms with Crippen LogP contribution in [0.15, 0.2) is 0 Å². The molecule has 0 aromatic rings. The minimum Gasteiger partial charge on any atom is -0.0651 e. The summed E-state index contributed by atoms with van der Waals surface area (Å²) in [5.41, 5.74) is 0. The molecule has 0 spiro atoms. The van der Waals surface area contributed by atoms with Crippen LogP contribution in [0.3, 0.4) is 0 Å². The Labute approximate surface area is 84.1 Å². The van der Waals surface area contributed by atoms with Crippen LogP contribution in [-0.4, -0.2) is 0 Å². The lowest BCUT2D eigenvalue weighted by molar-refractivity contribution is 0.168. The van der Waals surface area contributed by atoms with E-state index >= 15 is 0 Å². The second-order valence-corrected chi connectivity index (χ2v) is 5.32. The highest BCUT2D eigenvalue weighted by molar-refractivity contribution is 4.77. The summed E-state index contributed by atoms with van der Waals surface area (Å²) in [6.07, 6.45) is 7.35. The quantitative estimate of drug-likeness (QED) is 0.603. The SMILES string of the molecule is CCC(C)C1CCCC(C(C)C)C1. The predicted molar refractivity (Wildman–Crippen MR) is 59.7 cm³/mol. The first-order chi connectivity index (χ1) is 6.15. The van der Waals surface area contributed by atoms with Crippen LogP contribution in [0, 0.1) is 23.7 Å². The van der Waals surface area contributed by atoms with E-state index in [-0.39, 0.29) is 0 Å². The molecule has 1 aliphatic rings. The molecule has 1 aliphatic carbocycles. The van der Waals surface area contributed by atoms with Gasteiger partial charge in [0.2, 0.25) is 0 Å². The summed E-state index contributed by atoms with van der Waals surface area (Å²) in [4.78, 5) is 0. The molecule has 1 saturated carbocycles. The van der Waals surface area contributed by atoms with Gasteiger partial charge in [-0.15, -0.1) is 0 Å². The maximum atomic E-state index is 2.44. The third kappa shape index (κ3) is 3.00. The molecule has 13 heavy (non-hydrogen) atoms. The molecular formula is C13H26. The third-order valence-corrected chi connectivity index (χ3v) is 4.15. The number of rotatable bonds is 3. The standard InChI is InChI=1S/C13H26/c1-5-11(4)13-8-6-7-12(9-13)10(2)3/h10-13H,5-9H2,1-4H3. The van der Waals surface area contributed by atoms with Gasteiger partial charge in [0.05, 0.1) is 0 Å². The van der Waals surface area contributed by atoms with Crippen molar-refractivity contribution in [2.75, 3.05) is 0 Å². The molecule has 0 aliphatic heterocycles. The second-order valence-electron chi connectivity index (χ2n) is 5.32. The fraction of sp³-hybridized carbons (Fsp3) is 1.00. The zero-order chi connectivity index (χ0) is 9.84. The summed E-state index contributed by atoms with van der Waals surface area (Å²) in [5.74, 6) is 3.92.